The highest BCUT2D eigenvalue weighted by Crippen LogP contribution is 2.32. The summed E-state index contributed by atoms with van der Waals surface area (Å²) in [5, 5.41) is 4.27. The number of carbonyl (C=O) groups is 1. The van der Waals surface area contributed by atoms with E-state index in [1.807, 2.05) is 18.2 Å². The van der Waals surface area contributed by atoms with Gasteiger partial charge in [0.1, 0.15) is 0 Å². The molecule has 4 heteroatoms. The normalized spacial score (nSPS) is 12.0. The van der Waals surface area contributed by atoms with Gasteiger partial charge in [0.15, 0.2) is 0 Å². The number of amides is 1. The molecule has 1 N–H and O–H groups in total. The van der Waals surface area contributed by atoms with E-state index < -0.39 is 0 Å². The van der Waals surface area contributed by atoms with Crippen LogP contribution in [0.1, 0.15) is 29.0 Å². The number of carbonyl (C=O) groups excluding carboxylic acids is 1. The molecule has 0 aliphatic carbocycles. The molecule has 2 aromatic heterocycles. The number of pyridine rings is 1. The number of fused-ring (bicyclic) bond motifs is 1. The topological polar surface area (TPSA) is 46.9 Å². The van der Waals surface area contributed by atoms with E-state index in [9.17, 15) is 4.79 Å². The Morgan fingerprint density at radius 1 is 1.00 bits per heavy atom. The molecular formula is C25H25N3O. The third-order valence-electron chi connectivity index (χ3n) is 5.34. The van der Waals surface area contributed by atoms with Gasteiger partial charge in [-0.25, -0.2) is 0 Å². The van der Waals surface area contributed by atoms with Crippen LogP contribution in [-0.2, 0) is 24.8 Å². The zero-order chi connectivity index (χ0) is 20.1. The summed E-state index contributed by atoms with van der Waals surface area (Å²) in [6.45, 7) is 0.500. The summed E-state index contributed by atoms with van der Waals surface area (Å²) in [4.78, 5) is 16.9. The first kappa shape index (κ1) is 18.9. The molecule has 0 saturated carbocycles. The molecule has 0 spiro atoms. The maximum atomic E-state index is 12.8. The number of nitrogens with zero attached hydrogens (tertiary/aromatic N) is 2. The maximum absolute atomic E-state index is 12.8. The second-order valence-electron chi connectivity index (χ2n) is 7.44. The molecular weight excluding hydrogens is 358 g/mol. The molecule has 1 unspecified atom stereocenters. The van der Waals surface area contributed by atoms with Crippen molar-refractivity contribution in [2.24, 2.45) is 7.05 Å². The summed E-state index contributed by atoms with van der Waals surface area (Å²) in [6, 6.07) is 22.6. The molecule has 0 aliphatic heterocycles. The van der Waals surface area contributed by atoms with E-state index in [0.717, 1.165) is 12.0 Å². The molecule has 29 heavy (non-hydrogen) atoms. The predicted octanol–water partition coefficient (Wildman–Crippen LogP) is 4.61. The first-order valence-corrected chi connectivity index (χ1v) is 9.94. The fraction of sp³-hybridized carbons (Fsp3) is 0.200. The smallest absolute Gasteiger partial charge is 0.220 e. The molecule has 1 amide bonds. The first-order chi connectivity index (χ1) is 14.2. The molecule has 0 fully saturated rings. The van der Waals surface area contributed by atoms with Crippen molar-refractivity contribution in [3.05, 3.63) is 102 Å². The van der Waals surface area contributed by atoms with Gasteiger partial charge in [0.2, 0.25) is 5.91 Å². The summed E-state index contributed by atoms with van der Waals surface area (Å²) >= 11 is 0. The van der Waals surface area contributed by atoms with Crippen LogP contribution in [0.15, 0.2) is 85.3 Å². The minimum absolute atomic E-state index is 0.0581. The molecule has 4 aromatic rings. The van der Waals surface area contributed by atoms with E-state index >= 15 is 0 Å². The van der Waals surface area contributed by atoms with Crippen LogP contribution in [-0.4, -0.2) is 15.5 Å². The van der Waals surface area contributed by atoms with Crippen molar-refractivity contribution in [2.45, 2.75) is 25.3 Å². The van der Waals surface area contributed by atoms with E-state index in [0.29, 0.717) is 13.0 Å². The van der Waals surface area contributed by atoms with Crippen molar-refractivity contribution < 1.29 is 4.79 Å². The van der Waals surface area contributed by atoms with Gasteiger partial charge in [-0.2, -0.15) is 0 Å². The van der Waals surface area contributed by atoms with E-state index in [1.54, 1.807) is 12.4 Å². The minimum Gasteiger partial charge on any atom is -0.352 e. The standard InChI is InChI=1S/C25H25N3O/c1-28-18-23(22-11-5-6-12-24(22)28)21(14-19-8-3-2-4-9-19)15-25(29)27-17-20-10-7-13-26-16-20/h2-13,16,18,21H,14-15,17H2,1H3,(H,27,29). The Hall–Kier alpha value is -3.40. The van der Waals surface area contributed by atoms with Crippen LogP contribution in [0.4, 0.5) is 0 Å². The average Bonchev–Trinajstić information content (AvgIpc) is 3.10. The maximum Gasteiger partial charge on any atom is 0.220 e. The number of aromatic nitrogens is 2. The highest BCUT2D eigenvalue weighted by atomic mass is 16.1. The minimum atomic E-state index is 0.0581. The molecule has 0 radical (unpaired) electrons. The van der Waals surface area contributed by atoms with Gasteiger partial charge in [-0.05, 0) is 41.2 Å². The van der Waals surface area contributed by atoms with Crippen LogP contribution < -0.4 is 5.32 Å². The fourth-order valence-electron chi connectivity index (χ4n) is 3.89. The van der Waals surface area contributed by atoms with Crippen molar-refractivity contribution in [2.75, 3.05) is 0 Å². The van der Waals surface area contributed by atoms with E-state index in [2.05, 4.69) is 76.6 Å². The Labute approximate surface area is 171 Å². The molecule has 0 aliphatic rings. The zero-order valence-corrected chi connectivity index (χ0v) is 16.6. The lowest BCUT2D eigenvalue weighted by Gasteiger charge is -2.17. The summed E-state index contributed by atoms with van der Waals surface area (Å²) in [6.07, 6.45) is 6.97. The summed E-state index contributed by atoms with van der Waals surface area (Å²) in [5.41, 5.74) is 4.66. The number of aryl methyl sites for hydroxylation is 1. The molecule has 4 nitrogen and oxygen atoms in total. The fourth-order valence-corrected chi connectivity index (χ4v) is 3.89. The van der Waals surface area contributed by atoms with Gasteiger partial charge < -0.3 is 9.88 Å². The SMILES string of the molecule is Cn1cc(C(CC(=O)NCc2cccnc2)Cc2ccccc2)c2ccccc21. The molecule has 2 heterocycles. The van der Waals surface area contributed by atoms with Gasteiger partial charge in [-0.15, -0.1) is 0 Å². The van der Waals surface area contributed by atoms with Crippen molar-refractivity contribution in [3.8, 4) is 0 Å². The summed E-state index contributed by atoms with van der Waals surface area (Å²) in [7, 11) is 2.06. The van der Waals surface area contributed by atoms with Gasteiger partial charge >= 0.3 is 0 Å². The molecule has 4 rings (SSSR count). The number of para-hydroxylation sites is 1. The second kappa shape index (κ2) is 8.74. The largest absolute Gasteiger partial charge is 0.352 e. The Morgan fingerprint density at radius 3 is 2.55 bits per heavy atom. The van der Waals surface area contributed by atoms with Crippen LogP contribution in [0.2, 0.25) is 0 Å². The van der Waals surface area contributed by atoms with Gasteiger partial charge in [0, 0.05) is 49.5 Å². The Kier molecular flexibility index (Phi) is 5.71. The Morgan fingerprint density at radius 2 is 1.76 bits per heavy atom. The van der Waals surface area contributed by atoms with Gasteiger partial charge in [-0.1, -0.05) is 54.6 Å². The van der Waals surface area contributed by atoms with E-state index in [1.165, 1.54) is 22.0 Å². The number of hydrogen-bond acceptors (Lipinski definition) is 2. The summed E-state index contributed by atoms with van der Waals surface area (Å²) < 4.78 is 2.15. The van der Waals surface area contributed by atoms with Crippen molar-refractivity contribution in [1.82, 2.24) is 14.9 Å². The lowest BCUT2D eigenvalue weighted by atomic mass is 9.88. The van der Waals surface area contributed by atoms with Crippen LogP contribution in [0.3, 0.4) is 0 Å². The third kappa shape index (κ3) is 4.54. The third-order valence-corrected chi connectivity index (χ3v) is 5.34. The van der Waals surface area contributed by atoms with Gasteiger partial charge in [-0.3, -0.25) is 9.78 Å². The molecule has 146 valence electrons. The highest BCUT2D eigenvalue weighted by molar-refractivity contribution is 5.86. The van der Waals surface area contributed by atoms with Crippen molar-refractivity contribution >= 4 is 16.8 Å². The Balaban J connectivity index is 1.57. The quantitative estimate of drug-likeness (QED) is 0.507. The number of benzene rings is 2. The highest BCUT2D eigenvalue weighted by Gasteiger charge is 2.21. The van der Waals surface area contributed by atoms with Crippen molar-refractivity contribution in [3.63, 3.8) is 0 Å². The number of nitrogens with one attached hydrogen (secondary N) is 1. The van der Waals surface area contributed by atoms with Gasteiger partial charge in [0.25, 0.3) is 0 Å². The lowest BCUT2D eigenvalue weighted by Crippen LogP contribution is -2.25. The van der Waals surface area contributed by atoms with E-state index in [-0.39, 0.29) is 11.8 Å². The number of hydrogen-bond donors (Lipinski definition) is 1. The summed E-state index contributed by atoms with van der Waals surface area (Å²) in [5.74, 6) is 0.167. The molecule has 0 bridgehead atoms. The monoisotopic (exact) mass is 383 g/mol. The average molecular weight is 383 g/mol. The Bertz CT molecular complexity index is 1090. The zero-order valence-electron chi connectivity index (χ0n) is 16.6. The van der Waals surface area contributed by atoms with Gasteiger partial charge in [0.05, 0.1) is 0 Å². The van der Waals surface area contributed by atoms with Crippen LogP contribution in [0.5, 0.6) is 0 Å². The first-order valence-electron chi connectivity index (χ1n) is 9.94. The predicted molar refractivity (Wildman–Crippen MR) is 117 cm³/mol. The second-order valence-corrected chi connectivity index (χ2v) is 7.44. The molecule has 2 aromatic carbocycles. The molecule has 0 saturated heterocycles. The van der Waals surface area contributed by atoms with Crippen LogP contribution >= 0.6 is 0 Å². The van der Waals surface area contributed by atoms with E-state index in [4.69, 9.17) is 0 Å². The lowest BCUT2D eigenvalue weighted by molar-refractivity contribution is -0.121. The van der Waals surface area contributed by atoms with Crippen LogP contribution in [0, 0.1) is 0 Å². The number of rotatable bonds is 7. The molecule has 1 atom stereocenters. The van der Waals surface area contributed by atoms with Crippen LogP contribution in [0.25, 0.3) is 10.9 Å². The van der Waals surface area contributed by atoms with Crippen molar-refractivity contribution in [1.29, 1.82) is 0 Å².